The summed E-state index contributed by atoms with van der Waals surface area (Å²) in [5, 5.41) is 10.9. The third kappa shape index (κ3) is 4.62. The number of phenolic OH excluding ortho intramolecular Hbond substituents is 1. The summed E-state index contributed by atoms with van der Waals surface area (Å²) in [6.07, 6.45) is 0. The highest BCUT2D eigenvalue weighted by atomic mass is 35.5. The number of ether oxygens (including phenoxy) is 4. The van der Waals surface area contributed by atoms with Crippen LogP contribution in [0.3, 0.4) is 0 Å². The maximum atomic E-state index is 12.4. The largest absolute Gasteiger partial charge is 0.503 e. The second kappa shape index (κ2) is 9.50. The van der Waals surface area contributed by atoms with Gasteiger partial charge in [0.2, 0.25) is 0 Å². The van der Waals surface area contributed by atoms with Gasteiger partial charge in [0.25, 0.3) is 0 Å². The number of methoxy groups -OCH3 is 2. The molecule has 2 aromatic carbocycles. The Kier molecular flexibility index (Phi) is 6.78. The van der Waals surface area contributed by atoms with E-state index in [-0.39, 0.29) is 46.6 Å². The van der Waals surface area contributed by atoms with Crippen LogP contribution >= 0.6 is 11.6 Å². The average molecular weight is 448 g/mol. The minimum Gasteiger partial charge on any atom is -0.503 e. The van der Waals surface area contributed by atoms with Crippen LogP contribution in [0.2, 0.25) is 5.02 Å². The molecular formula is C21H18ClNO8. The van der Waals surface area contributed by atoms with E-state index in [2.05, 4.69) is 0 Å². The first-order valence-corrected chi connectivity index (χ1v) is 9.30. The highest BCUT2D eigenvalue weighted by molar-refractivity contribution is 6.31. The zero-order valence-electron chi connectivity index (χ0n) is 16.6. The van der Waals surface area contributed by atoms with Crippen LogP contribution < -0.4 is 9.64 Å². The fourth-order valence-electron chi connectivity index (χ4n) is 2.91. The molecule has 1 N–H and O–H groups in total. The van der Waals surface area contributed by atoms with E-state index in [0.29, 0.717) is 0 Å². The van der Waals surface area contributed by atoms with Crippen molar-refractivity contribution in [3.63, 3.8) is 0 Å². The van der Waals surface area contributed by atoms with Crippen LogP contribution in [-0.2, 0) is 23.8 Å². The van der Waals surface area contributed by atoms with Crippen molar-refractivity contribution in [3.8, 4) is 11.5 Å². The van der Waals surface area contributed by atoms with Gasteiger partial charge >= 0.3 is 17.9 Å². The first kappa shape index (κ1) is 22.1. The topological polar surface area (TPSA) is 112 Å². The van der Waals surface area contributed by atoms with E-state index in [1.165, 1.54) is 17.0 Å². The number of hydrogen-bond acceptors (Lipinski definition) is 9. The normalized spacial score (nSPS) is 13.6. The molecule has 0 bridgehead atoms. The average Bonchev–Trinajstić information content (AvgIpc) is 2.80. The van der Waals surface area contributed by atoms with Crippen LogP contribution in [-0.4, -0.2) is 50.6 Å². The van der Waals surface area contributed by atoms with Crippen molar-refractivity contribution < 1.29 is 38.4 Å². The fourth-order valence-corrected chi connectivity index (χ4v) is 3.11. The first-order valence-electron chi connectivity index (χ1n) is 8.92. The van der Waals surface area contributed by atoms with Crippen molar-refractivity contribution in [2.75, 3.05) is 32.5 Å². The molecule has 31 heavy (non-hydrogen) atoms. The molecule has 1 heterocycles. The third-order valence-electron chi connectivity index (χ3n) is 4.36. The Morgan fingerprint density at radius 1 is 1.03 bits per heavy atom. The number of halogens is 1. The van der Waals surface area contributed by atoms with Crippen LogP contribution in [0.1, 0.15) is 10.4 Å². The van der Waals surface area contributed by atoms with Crippen molar-refractivity contribution in [1.29, 1.82) is 0 Å². The summed E-state index contributed by atoms with van der Waals surface area (Å²) in [6.45, 7) is -0.421. The van der Waals surface area contributed by atoms with Gasteiger partial charge in [0, 0.05) is 11.1 Å². The molecule has 1 aliphatic heterocycles. The van der Waals surface area contributed by atoms with Gasteiger partial charge in [-0.25, -0.2) is 14.4 Å². The minimum absolute atomic E-state index is 0.0372. The number of benzene rings is 2. The molecule has 9 nitrogen and oxygen atoms in total. The molecule has 0 radical (unpaired) electrons. The van der Waals surface area contributed by atoms with Crippen molar-refractivity contribution in [2.45, 2.75) is 0 Å². The zero-order valence-corrected chi connectivity index (χ0v) is 17.3. The Hall–Kier alpha value is -3.56. The van der Waals surface area contributed by atoms with Gasteiger partial charge in [-0.15, -0.1) is 0 Å². The molecule has 0 unspecified atom stereocenters. The van der Waals surface area contributed by atoms with Gasteiger partial charge < -0.3 is 29.0 Å². The lowest BCUT2D eigenvalue weighted by atomic mass is 10.1. The lowest BCUT2D eigenvalue weighted by Crippen LogP contribution is -2.38. The van der Waals surface area contributed by atoms with Gasteiger partial charge in [-0.05, 0) is 18.2 Å². The zero-order chi connectivity index (χ0) is 22.5. The molecule has 0 atom stereocenters. The van der Waals surface area contributed by atoms with Gasteiger partial charge in [-0.2, -0.15) is 0 Å². The number of nitrogens with zero attached hydrogens (tertiary/aromatic N) is 1. The molecule has 0 saturated carbocycles. The van der Waals surface area contributed by atoms with E-state index in [1.54, 1.807) is 30.3 Å². The Bertz CT molecular complexity index is 1050. The van der Waals surface area contributed by atoms with Crippen molar-refractivity contribution in [3.05, 3.63) is 64.3 Å². The summed E-state index contributed by atoms with van der Waals surface area (Å²) < 4.78 is 20.2. The molecule has 162 valence electrons. The molecule has 0 amide bonds. The molecule has 0 fully saturated rings. The summed E-state index contributed by atoms with van der Waals surface area (Å²) in [5.41, 5.74) is -0.0842. The van der Waals surface area contributed by atoms with Gasteiger partial charge in [0.1, 0.15) is 12.4 Å². The number of esters is 3. The Morgan fingerprint density at radius 3 is 2.35 bits per heavy atom. The van der Waals surface area contributed by atoms with E-state index in [1.807, 2.05) is 0 Å². The molecule has 2 aromatic rings. The van der Waals surface area contributed by atoms with E-state index in [0.717, 1.165) is 14.2 Å². The second-order valence-corrected chi connectivity index (χ2v) is 6.68. The van der Waals surface area contributed by atoms with E-state index in [4.69, 9.17) is 30.5 Å². The lowest BCUT2D eigenvalue weighted by molar-refractivity contribution is -0.140. The summed E-state index contributed by atoms with van der Waals surface area (Å²) in [4.78, 5) is 38.2. The number of carbonyl (C=O) groups excluding carboxylic acids is 3. The Labute approximate surface area is 182 Å². The monoisotopic (exact) mass is 447 g/mol. The standard InChI is InChI=1S/C21H18ClNO8/c1-28-20(26)14-10-30-11-23(17(14)21(27)29-2)15-8-13(22)9-16(18(15)24)31-19(25)12-6-4-3-5-7-12/h3-9,24H,10-11H2,1-2H3. The number of phenols is 1. The van der Waals surface area contributed by atoms with E-state index < -0.39 is 23.7 Å². The van der Waals surface area contributed by atoms with Crippen LogP contribution in [0.4, 0.5) is 5.69 Å². The summed E-state index contributed by atoms with van der Waals surface area (Å²) >= 11 is 6.16. The summed E-state index contributed by atoms with van der Waals surface area (Å²) in [5.74, 6) is -3.12. The maximum absolute atomic E-state index is 12.4. The molecule has 10 heteroatoms. The number of carbonyl (C=O) groups is 3. The minimum atomic E-state index is -0.856. The van der Waals surface area contributed by atoms with E-state index in [9.17, 15) is 19.5 Å². The fraction of sp³-hybridized carbons (Fsp3) is 0.190. The van der Waals surface area contributed by atoms with E-state index >= 15 is 0 Å². The highest BCUT2D eigenvalue weighted by Crippen LogP contribution is 2.42. The number of rotatable bonds is 5. The summed E-state index contributed by atoms with van der Waals surface area (Å²) in [6, 6.07) is 10.7. The van der Waals surface area contributed by atoms with Gasteiger partial charge in [0.05, 0.1) is 37.7 Å². The third-order valence-corrected chi connectivity index (χ3v) is 4.57. The Morgan fingerprint density at radius 2 is 1.71 bits per heavy atom. The molecule has 0 aliphatic carbocycles. The van der Waals surface area contributed by atoms with Crippen molar-refractivity contribution in [1.82, 2.24) is 0 Å². The highest BCUT2D eigenvalue weighted by Gasteiger charge is 2.34. The first-order chi connectivity index (χ1) is 14.9. The maximum Gasteiger partial charge on any atom is 0.355 e. The predicted molar refractivity (Wildman–Crippen MR) is 109 cm³/mol. The molecule has 1 aliphatic rings. The van der Waals surface area contributed by atoms with Crippen molar-refractivity contribution in [2.24, 2.45) is 0 Å². The van der Waals surface area contributed by atoms with Crippen LogP contribution in [0, 0.1) is 0 Å². The molecule has 0 aromatic heterocycles. The van der Waals surface area contributed by atoms with Crippen LogP contribution in [0.25, 0.3) is 0 Å². The second-order valence-electron chi connectivity index (χ2n) is 6.24. The molecule has 3 rings (SSSR count). The van der Waals surface area contributed by atoms with Gasteiger partial charge in [-0.3, -0.25) is 0 Å². The van der Waals surface area contributed by atoms with Gasteiger partial charge in [-0.1, -0.05) is 29.8 Å². The summed E-state index contributed by atoms with van der Waals surface area (Å²) in [7, 11) is 2.30. The molecule has 0 spiro atoms. The predicted octanol–water partition coefficient (Wildman–Crippen LogP) is 2.66. The number of anilines is 1. The quantitative estimate of drug-likeness (QED) is 0.546. The van der Waals surface area contributed by atoms with Crippen LogP contribution in [0.5, 0.6) is 11.5 Å². The number of hydrogen-bond donors (Lipinski definition) is 1. The molecule has 0 saturated heterocycles. The lowest BCUT2D eigenvalue weighted by Gasteiger charge is -2.32. The van der Waals surface area contributed by atoms with Gasteiger partial charge in [0.15, 0.2) is 11.5 Å². The SMILES string of the molecule is COC(=O)C1=C(C(=O)OC)N(c2cc(Cl)cc(OC(=O)c3ccccc3)c2O)COC1. The smallest absolute Gasteiger partial charge is 0.355 e. The Balaban J connectivity index is 2.06. The molecular weight excluding hydrogens is 430 g/mol. The van der Waals surface area contributed by atoms with Crippen molar-refractivity contribution >= 4 is 35.2 Å². The van der Waals surface area contributed by atoms with Crippen LogP contribution in [0.15, 0.2) is 53.7 Å². The number of aromatic hydroxyl groups is 1.